The molecule has 0 atom stereocenters. The van der Waals surface area contributed by atoms with Crippen LogP contribution >= 0.6 is 0 Å². The molecule has 4 rings (SSSR count). The summed E-state index contributed by atoms with van der Waals surface area (Å²) in [4.78, 5) is 21.6. The zero-order valence-electron chi connectivity index (χ0n) is 14.5. The molecule has 3 aromatic heterocycles. The summed E-state index contributed by atoms with van der Waals surface area (Å²) in [6, 6.07) is 9.94. The van der Waals surface area contributed by atoms with Crippen LogP contribution in [0, 0.1) is 0 Å². The first-order valence-corrected chi connectivity index (χ1v) is 8.21. The Balaban J connectivity index is 1.76. The second kappa shape index (κ2) is 5.51. The van der Waals surface area contributed by atoms with E-state index in [4.69, 9.17) is 0 Å². The van der Waals surface area contributed by atoms with Crippen molar-refractivity contribution in [3.8, 4) is 0 Å². The van der Waals surface area contributed by atoms with Crippen molar-refractivity contribution in [2.75, 3.05) is 0 Å². The average molecular weight is 333 g/mol. The van der Waals surface area contributed by atoms with Crippen molar-refractivity contribution >= 4 is 21.9 Å². The molecule has 0 amide bonds. The first kappa shape index (κ1) is 15.5. The van der Waals surface area contributed by atoms with Crippen molar-refractivity contribution in [3.05, 3.63) is 65.0 Å². The zero-order chi connectivity index (χ0) is 17.6. The van der Waals surface area contributed by atoms with Gasteiger partial charge in [-0.15, -0.1) is 0 Å². The topological polar surface area (TPSA) is 65.6 Å². The summed E-state index contributed by atoms with van der Waals surface area (Å²) in [5, 5.41) is 5.95. The Kier molecular flexibility index (Phi) is 3.42. The third kappa shape index (κ3) is 2.69. The van der Waals surface area contributed by atoms with E-state index in [0.717, 1.165) is 16.5 Å². The maximum Gasteiger partial charge on any atom is 0.264 e. The highest BCUT2D eigenvalue weighted by Gasteiger charge is 2.19. The lowest BCUT2D eigenvalue weighted by Crippen LogP contribution is -2.25. The monoisotopic (exact) mass is 333 g/mol. The highest BCUT2D eigenvalue weighted by atomic mass is 16.1. The van der Waals surface area contributed by atoms with Gasteiger partial charge >= 0.3 is 0 Å². The molecule has 0 saturated carbocycles. The molecule has 0 fully saturated rings. The summed E-state index contributed by atoms with van der Waals surface area (Å²) < 4.78 is 3.41. The van der Waals surface area contributed by atoms with E-state index in [1.807, 2.05) is 45.0 Å². The van der Waals surface area contributed by atoms with Gasteiger partial charge in [0.05, 0.1) is 23.8 Å². The Morgan fingerprint density at radius 3 is 2.76 bits per heavy atom. The minimum Gasteiger partial charge on any atom is -0.294 e. The zero-order valence-corrected chi connectivity index (χ0v) is 14.5. The van der Waals surface area contributed by atoms with Crippen molar-refractivity contribution in [2.24, 2.45) is 0 Å². The van der Waals surface area contributed by atoms with Gasteiger partial charge in [-0.25, -0.2) is 9.67 Å². The Labute approximate surface area is 144 Å². The van der Waals surface area contributed by atoms with Crippen molar-refractivity contribution in [1.82, 2.24) is 24.3 Å². The molecule has 126 valence electrons. The average Bonchev–Trinajstić information content (AvgIpc) is 3.02. The largest absolute Gasteiger partial charge is 0.294 e. The van der Waals surface area contributed by atoms with Gasteiger partial charge in [-0.2, -0.15) is 5.10 Å². The number of benzene rings is 1. The second-order valence-electron chi connectivity index (χ2n) is 7.17. The highest BCUT2D eigenvalue weighted by molar-refractivity contribution is 5.79. The molecule has 0 spiro atoms. The summed E-state index contributed by atoms with van der Waals surface area (Å²) in [6.07, 6.45) is 4.98. The maximum atomic E-state index is 12.8. The van der Waals surface area contributed by atoms with Gasteiger partial charge in [0.2, 0.25) is 0 Å². The van der Waals surface area contributed by atoms with Crippen molar-refractivity contribution in [3.63, 3.8) is 0 Å². The number of fused-ring (bicyclic) bond motifs is 2. The number of aromatic nitrogens is 5. The summed E-state index contributed by atoms with van der Waals surface area (Å²) >= 11 is 0. The summed E-state index contributed by atoms with van der Waals surface area (Å²) in [5.74, 6) is 0. The molecular formula is C19H19N5O. The van der Waals surface area contributed by atoms with Crippen LogP contribution in [0.3, 0.4) is 0 Å². The fourth-order valence-electron chi connectivity index (χ4n) is 2.97. The van der Waals surface area contributed by atoms with Crippen LogP contribution in [0.5, 0.6) is 0 Å². The molecular weight excluding hydrogens is 314 g/mol. The fraction of sp³-hybridized carbons (Fsp3) is 0.263. The van der Waals surface area contributed by atoms with Crippen LogP contribution in [-0.2, 0) is 12.1 Å². The molecule has 25 heavy (non-hydrogen) atoms. The van der Waals surface area contributed by atoms with Crippen LogP contribution in [0.4, 0.5) is 0 Å². The van der Waals surface area contributed by atoms with Crippen molar-refractivity contribution < 1.29 is 0 Å². The Bertz CT molecular complexity index is 1130. The first-order chi connectivity index (χ1) is 11.9. The predicted octanol–water partition coefficient (Wildman–Crippen LogP) is 2.94. The van der Waals surface area contributed by atoms with Crippen LogP contribution < -0.4 is 5.56 Å². The molecule has 0 aliphatic heterocycles. The van der Waals surface area contributed by atoms with E-state index in [9.17, 15) is 4.79 Å². The predicted molar refractivity (Wildman–Crippen MR) is 97.6 cm³/mol. The first-order valence-electron chi connectivity index (χ1n) is 8.21. The van der Waals surface area contributed by atoms with Gasteiger partial charge in [0.15, 0.2) is 5.65 Å². The van der Waals surface area contributed by atoms with Gasteiger partial charge < -0.3 is 0 Å². The summed E-state index contributed by atoms with van der Waals surface area (Å²) in [5.41, 5.74) is 2.30. The molecule has 0 saturated heterocycles. The fourth-order valence-corrected chi connectivity index (χ4v) is 2.97. The van der Waals surface area contributed by atoms with Crippen LogP contribution in [0.1, 0.15) is 26.3 Å². The minimum atomic E-state index is -0.223. The van der Waals surface area contributed by atoms with Gasteiger partial charge in [0.25, 0.3) is 5.56 Å². The van der Waals surface area contributed by atoms with E-state index in [0.29, 0.717) is 17.6 Å². The molecule has 1 aromatic carbocycles. The minimum absolute atomic E-state index is 0.0771. The van der Waals surface area contributed by atoms with E-state index >= 15 is 0 Å². The molecule has 0 aliphatic carbocycles. The lowest BCUT2D eigenvalue weighted by Gasteiger charge is -2.19. The molecule has 6 nitrogen and oxygen atoms in total. The highest BCUT2D eigenvalue weighted by Crippen LogP contribution is 2.18. The van der Waals surface area contributed by atoms with E-state index in [2.05, 4.69) is 21.1 Å². The molecule has 0 unspecified atom stereocenters. The third-order valence-corrected chi connectivity index (χ3v) is 4.21. The summed E-state index contributed by atoms with van der Waals surface area (Å²) in [6.45, 7) is 6.58. The van der Waals surface area contributed by atoms with E-state index in [1.54, 1.807) is 28.0 Å². The van der Waals surface area contributed by atoms with Crippen LogP contribution in [0.2, 0.25) is 0 Å². The number of hydrogen-bond donors (Lipinski definition) is 0. The lowest BCUT2D eigenvalue weighted by atomic mass is 10.1. The maximum absolute atomic E-state index is 12.8. The Hall–Kier alpha value is -3.02. The van der Waals surface area contributed by atoms with Crippen LogP contribution in [0.25, 0.3) is 21.9 Å². The molecule has 0 aliphatic rings. The lowest BCUT2D eigenvalue weighted by molar-refractivity contribution is 0.365. The third-order valence-electron chi connectivity index (χ3n) is 4.21. The number of pyridine rings is 1. The van der Waals surface area contributed by atoms with Gasteiger partial charge in [-0.05, 0) is 44.5 Å². The number of rotatable bonds is 2. The number of hydrogen-bond acceptors (Lipinski definition) is 4. The second-order valence-corrected chi connectivity index (χ2v) is 7.17. The van der Waals surface area contributed by atoms with Gasteiger partial charge in [0.1, 0.15) is 11.7 Å². The van der Waals surface area contributed by atoms with Gasteiger partial charge in [0, 0.05) is 11.6 Å². The van der Waals surface area contributed by atoms with Crippen molar-refractivity contribution in [1.29, 1.82) is 0 Å². The summed E-state index contributed by atoms with van der Waals surface area (Å²) in [7, 11) is 0. The standard InChI is InChI=1S/C19H19N5O/c1-19(2,3)24-17-15(10-22-24)18(25)23(12-21-17)11-13-6-7-16-14(9-13)5-4-8-20-16/h4-10,12H,11H2,1-3H3. The Morgan fingerprint density at radius 2 is 1.96 bits per heavy atom. The molecule has 0 radical (unpaired) electrons. The van der Waals surface area contributed by atoms with Crippen LogP contribution in [0.15, 0.2) is 53.8 Å². The SMILES string of the molecule is CC(C)(C)n1ncc2c(=O)n(Cc3ccc4ncccc4c3)cnc21. The van der Waals surface area contributed by atoms with E-state index < -0.39 is 0 Å². The van der Waals surface area contributed by atoms with Crippen molar-refractivity contribution in [2.45, 2.75) is 32.9 Å². The van der Waals surface area contributed by atoms with E-state index in [-0.39, 0.29) is 11.1 Å². The molecule has 4 aromatic rings. The molecule has 0 bridgehead atoms. The normalized spacial score (nSPS) is 12.1. The van der Waals surface area contributed by atoms with Crippen LogP contribution in [-0.4, -0.2) is 24.3 Å². The Morgan fingerprint density at radius 1 is 1.12 bits per heavy atom. The van der Waals surface area contributed by atoms with Gasteiger partial charge in [-0.1, -0.05) is 12.1 Å². The van der Waals surface area contributed by atoms with E-state index in [1.165, 1.54) is 0 Å². The smallest absolute Gasteiger partial charge is 0.264 e. The quantitative estimate of drug-likeness (QED) is 0.566. The molecule has 0 N–H and O–H groups in total. The molecule has 6 heteroatoms. The number of nitrogens with zero attached hydrogens (tertiary/aromatic N) is 5. The molecule has 3 heterocycles. The van der Waals surface area contributed by atoms with Gasteiger partial charge in [-0.3, -0.25) is 14.3 Å².